The summed E-state index contributed by atoms with van der Waals surface area (Å²) in [6.45, 7) is 2.89. The summed E-state index contributed by atoms with van der Waals surface area (Å²) in [6.07, 6.45) is 1.07. The number of thiophene rings is 1. The maximum atomic E-state index is 5.46. The number of halogens is 1. The van der Waals surface area contributed by atoms with Crippen LogP contribution in [0.1, 0.15) is 12.0 Å². The van der Waals surface area contributed by atoms with Gasteiger partial charge in [0.15, 0.2) is 5.06 Å². The third kappa shape index (κ3) is 3.25. The van der Waals surface area contributed by atoms with E-state index >= 15 is 0 Å². The van der Waals surface area contributed by atoms with Crippen molar-refractivity contribution < 1.29 is 4.74 Å². The number of aryl methyl sites for hydroxylation is 1. The minimum absolute atomic E-state index is 0.811. The average Bonchev–Trinajstić information content (AvgIpc) is 2.37. The molecule has 0 radical (unpaired) electrons. The zero-order chi connectivity index (χ0) is 8.10. The lowest BCUT2D eigenvalue weighted by Gasteiger charge is -1.99. The fraction of sp³-hybridized carbons (Fsp3) is 0.500. The molecule has 0 saturated carbocycles. The molecule has 3 heteroatoms. The summed E-state index contributed by atoms with van der Waals surface area (Å²) in [5, 5.41) is 4.14. The van der Waals surface area contributed by atoms with E-state index in [2.05, 4.69) is 34.3 Å². The molecule has 0 unspecified atom stereocenters. The Morgan fingerprint density at radius 2 is 2.45 bits per heavy atom. The van der Waals surface area contributed by atoms with Gasteiger partial charge in [-0.3, -0.25) is 0 Å². The van der Waals surface area contributed by atoms with E-state index in [4.69, 9.17) is 4.74 Å². The van der Waals surface area contributed by atoms with Crippen LogP contribution >= 0.6 is 27.3 Å². The van der Waals surface area contributed by atoms with Crippen LogP contribution in [-0.2, 0) is 0 Å². The van der Waals surface area contributed by atoms with E-state index in [1.807, 2.05) is 0 Å². The first-order valence-electron chi connectivity index (χ1n) is 3.57. The first-order chi connectivity index (χ1) is 5.33. The molecule has 62 valence electrons. The lowest BCUT2D eigenvalue weighted by atomic mass is 10.4. The molecular formula is C8H11BrOS. The van der Waals surface area contributed by atoms with E-state index in [9.17, 15) is 0 Å². The van der Waals surface area contributed by atoms with E-state index in [0.29, 0.717) is 0 Å². The molecule has 0 aliphatic carbocycles. The number of ether oxygens (including phenoxy) is 1. The molecule has 0 aliphatic heterocycles. The second kappa shape index (κ2) is 4.78. The third-order valence-electron chi connectivity index (χ3n) is 1.23. The predicted octanol–water partition coefficient (Wildman–Crippen LogP) is 3.22. The largest absolute Gasteiger partial charge is 0.484 e. The maximum absolute atomic E-state index is 5.46. The Balaban J connectivity index is 2.27. The van der Waals surface area contributed by atoms with Crippen molar-refractivity contribution in [2.75, 3.05) is 11.9 Å². The highest BCUT2D eigenvalue weighted by Crippen LogP contribution is 2.22. The van der Waals surface area contributed by atoms with Crippen molar-refractivity contribution in [1.82, 2.24) is 0 Å². The van der Waals surface area contributed by atoms with E-state index in [1.165, 1.54) is 5.56 Å². The molecule has 11 heavy (non-hydrogen) atoms. The first kappa shape index (κ1) is 9.07. The van der Waals surface area contributed by atoms with Crippen LogP contribution in [0.3, 0.4) is 0 Å². The van der Waals surface area contributed by atoms with Crippen LogP contribution < -0.4 is 4.74 Å². The van der Waals surface area contributed by atoms with Crippen molar-refractivity contribution in [3.63, 3.8) is 0 Å². The molecule has 0 amide bonds. The Kier molecular flexibility index (Phi) is 3.94. The van der Waals surface area contributed by atoms with Crippen LogP contribution in [-0.4, -0.2) is 11.9 Å². The minimum atomic E-state index is 0.811. The van der Waals surface area contributed by atoms with E-state index in [0.717, 1.165) is 23.4 Å². The van der Waals surface area contributed by atoms with Gasteiger partial charge in [-0.25, -0.2) is 0 Å². The van der Waals surface area contributed by atoms with Crippen molar-refractivity contribution in [3.05, 3.63) is 17.0 Å². The van der Waals surface area contributed by atoms with Gasteiger partial charge in [0.25, 0.3) is 0 Å². The molecule has 1 rings (SSSR count). The molecule has 0 aliphatic rings. The number of hydrogen-bond acceptors (Lipinski definition) is 2. The monoisotopic (exact) mass is 234 g/mol. The summed E-state index contributed by atoms with van der Waals surface area (Å²) in [5.74, 6) is 0. The van der Waals surface area contributed by atoms with E-state index < -0.39 is 0 Å². The minimum Gasteiger partial charge on any atom is -0.484 e. The maximum Gasteiger partial charge on any atom is 0.173 e. The summed E-state index contributed by atoms with van der Waals surface area (Å²) in [6, 6.07) is 2.07. The lowest BCUT2D eigenvalue weighted by molar-refractivity contribution is 0.328. The standard InChI is InChI=1S/C8H11BrOS/c1-7-5-8(11-6-7)10-4-2-3-9/h5-6H,2-4H2,1H3. The fourth-order valence-corrected chi connectivity index (χ4v) is 1.71. The van der Waals surface area contributed by atoms with Gasteiger partial charge < -0.3 is 4.74 Å². The smallest absolute Gasteiger partial charge is 0.173 e. The SMILES string of the molecule is Cc1csc(OCCCBr)c1. The second-order valence-corrected chi connectivity index (χ2v) is 4.00. The molecule has 0 N–H and O–H groups in total. The fourth-order valence-electron chi connectivity index (χ4n) is 0.708. The van der Waals surface area contributed by atoms with Crippen LogP contribution in [0.4, 0.5) is 0 Å². The Bertz CT molecular complexity index is 210. The highest BCUT2D eigenvalue weighted by Gasteiger charge is 1.95. The van der Waals surface area contributed by atoms with Crippen molar-refractivity contribution >= 4 is 27.3 Å². The van der Waals surface area contributed by atoms with Crippen molar-refractivity contribution in [3.8, 4) is 5.06 Å². The Labute approximate surface area is 79.5 Å². The molecule has 1 heterocycles. The van der Waals surface area contributed by atoms with Crippen LogP contribution in [0.2, 0.25) is 0 Å². The van der Waals surface area contributed by atoms with Gasteiger partial charge >= 0.3 is 0 Å². The summed E-state index contributed by atoms with van der Waals surface area (Å²) in [5.41, 5.74) is 1.28. The average molecular weight is 235 g/mol. The van der Waals surface area contributed by atoms with Crippen molar-refractivity contribution in [2.45, 2.75) is 13.3 Å². The molecule has 0 atom stereocenters. The van der Waals surface area contributed by atoms with Gasteiger partial charge in [-0.15, -0.1) is 11.3 Å². The number of hydrogen-bond donors (Lipinski definition) is 0. The first-order valence-corrected chi connectivity index (χ1v) is 5.57. The zero-order valence-electron chi connectivity index (χ0n) is 6.47. The van der Waals surface area contributed by atoms with Crippen molar-refractivity contribution in [1.29, 1.82) is 0 Å². The van der Waals surface area contributed by atoms with Gasteiger partial charge in [0.2, 0.25) is 0 Å². The van der Waals surface area contributed by atoms with Crippen LogP contribution in [0.15, 0.2) is 11.4 Å². The normalized spacial score (nSPS) is 10.0. The molecule has 1 aromatic rings. The van der Waals surface area contributed by atoms with E-state index in [1.54, 1.807) is 11.3 Å². The molecule has 0 saturated heterocycles. The molecule has 0 bridgehead atoms. The van der Waals surface area contributed by atoms with Crippen LogP contribution in [0.25, 0.3) is 0 Å². The summed E-state index contributed by atoms with van der Waals surface area (Å²) in [7, 11) is 0. The molecule has 0 aromatic carbocycles. The highest BCUT2D eigenvalue weighted by molar-refractivity contribution is 9.09. The number of rotatable bonds is 4. The molecule has 0 fully saturated rings. The zero-order valence-corrected chi connectivity index (χ0v) is 8.87. The molecule has 1 nitrogen and oxygen atoms in total. The van der Waals surface area contributed by atoms with Crippen LogP contribution in [0.5, 0.6) is 5.06 Å². The summed E-state index contributed by atoms with van der Waals surface area (Å²) >= 11 is 5.01. The van der Waals surface area contributed by atoms with Gasteiger partial charge in [0.1, 0.15) is 0 Å². The van der Waals surface area contributed by atoms with Crippen molar-refractivity contribution in [2.24, 2.45) is 0 Å². The lowest BCUT2D eigenvalue weighted by Crippen LogP contribution is -1.95. The second-order valence-electron chi connectivity index (χ2n) is 2.33. The Hall–Kier alpha value is -0.0200. The Morgan fingerprint density at radius 3 is 3.00 bits per heavy atom. The molecular weight excluding hydrogens is 224 g/mol. The van der Waals surface area contributed by atoms with Gasteiger partial charge in [0.05, 0.1) is 6.61 Å². The quantitative estimate of drug-likeness (QED) is 0.575. The van der Waals surface area contributed by atoms with Gasteiger partial charge in [0, 0.05) is 5.33 Å². The summed E-state index contributed by atoms with van der Waals surface area (Å²) < 4.78 is 5.46. The topological polar surface area (TPSA) is 9.23 Å². The van der Waals surface area contributed by atoms with Gasteiger partial charge in [-0.2, -0.15) is 0 Å². The highest BCUT2D eigenvalue weighted by atomic mass is 79.9. The summed E-state index contributed by atoms with van der Waals surface area (Å²) in [4.78, 5) is 0. The van der Waals surface area contributed by atoms with Gasteiger partial charge in [-0.05, 0) is 30.4 Å². The number of alkyl halides is 1. The molecule has 0 spiro atoms. The Morgan fingerprint density at radius 1 is 1.64 bits per heavy atom. The van der Waals surface area contributed by atoms with E-state index in [-0.39, 0.29) is 0 Å². The van der Waals surface area contributed by atoms with Crippen LogP contribution in [0, 0.1) is 6.92 Å². The van der Waals surface area contributed by atoms with Gasteiger partial charge in [-0.1, -0.05) is 15.9 Å². The predicted molar refractivity (Wildman–Crippen MR) is 53.0 cm³/mol. The third-order valence-corrected chi connectivity index (χ3v) is 2.75. The molecule has 1 aromatic heterocycles.